The predicted octanol–water partition coefficient (Wildman–Crippen LogP) is 3.19. The number of pyridine rings is 1. The Kier molecular flexibility index (Phi) is 7.20. The van der Waals surface area contributed by atoms with Gasteiger partial charge in [-0.3, -0.25) is 14.6 Å². The number of esters is 2. The third kappa shape index (κ3) is 4.53. The molecule has 0 aromatic carbocycles. The van der Waals surface area contributed by atoms with E-state index in [0.29, 0.717) is 24.5 Å². The van der Waals surface area contributed by atoms with Crippen LogP contribution in [0.3, 0.4) is 0 Å². The van der Waals surface area contributed by atoms with Crippen LogP contribution in [0.4, 0.5) is 0 Å². The lowest BCUT2D eigenvalue weighted by molar-refractivity contribution is -0.165. The number of ether oxygens (including phenoxy) is 2. The molecule has 0 aliphatic carbocycles. The van der Waals surface area contributed by atoms with Crippen molar-refractivity contribution >= 4 is 11.9 Å². The van der Waals surface area contributed by atoms with Crippen molar-refractivity contribution in [1.82, 2.24) is 4.98 Å². The Bertz CT molecular complexity index is 504. The second-order valence-corrected chi connectivity index (χ2v) is 6.00. The van der Waals surface area contributed by atoms with E-state index in [9.17, 15) is 9.59 Å². The molecule has 0 aliphatic heterocycles. The van der Waals surface area contributed by atoms with Crippen LogP contribution in [0.5, 0.6) is 0 Å². The largest absolute Gasteiger partial charge is 0.465 e. The van der Waals surface area contributed by atoms with Crippen molar-refractivity contribution in [2.45, 2.75) is 52.9 Å². The van der Waals surface area contributed by atoms with E-state index in [0.717, 1.165) is 5.56 Å². The second kappa shape index (κ2) is 8.65. The average Bonchev–Trinajstić information content (AvgIpc) is 2.50. The van der Waals surface area contributed by atoms with Gasteiger partial charge >= 0.3 is 11.9 Å². The van der Waals surface area contributed by atoms with Gasteiger partial charge in [-0.05, 0) is 51.2 Å². The molecule has 0 atom stereocenters. The number of hydrogen-bond donors (Lipinski definition) is 0. The van der Waals surface area contributed by atoms with Gasteiger partial charge in [-0.1, -0.05) is 19.9 Å². The normalized spacial score (nSPS) is 11.4. The fourth-order valence-corrected chi connectivity index (χ4v) is 2.36. The van der Waals surface area contributed by atoms with Crippen molar-refractivity contribution in [3.05, 3.63) is 29.6 Å². The van der Waals surface area contributed by atoms with Gasteiger partial charge in [-0.25, -0.2) is 0 Å². The molecule has 1 rings (SSSR count). The van der Waals surface area contributed by atoms with Gasteiger partial charge in [-0.15, -0.1) is 0 Å². The summed E-state index contributed by atoms with van der Waals surface area (Å²) >= 11 is 0. The van der Waals surface area contributed by atoms with Crippen molar-refractivity contribution < 1.29 is 19.1 Å². The smallest absolute Gasteiger partial charge is 0.329 e. The average molecular weight is 321 g/mol. The van der Waals surface area contributed by atoms with Crippen molar-refractivity contribution in [1.29, 1.82) is 0 Å². The maximum absolute atomic E-state index is 12.7. The molecule has 0 saturated carbocycles. The molecule has 0 amide bonds. The van der Waals surface area contributed by atoms with E-state index in [1.807, 2.05) is 26.8 Å². The van der Waals surface area contributed by atoms with E-state index >= 15 is 0 Å². The third-order valence-electron chi connectivity index (χ3n) is 3.69. The highest BCUT2D eigenvalue weighted by molar-refractivity contribution is 6.06. The minimum atomic E-state index is -1.50. The van der Waals surface area contributed by atoms with Gasteiger partial charge in [0.1, 0.15) is 0 Å². The summed E-state index contributed by atoms with van der Waals surface area (Å²) in [7, 11) is 0. The Labute approximate surface area is 138 Å². The van der Waals surface area contributed by atoms with Gasteiger partial charge in [0, 0.05) is 6.20 Å². The van der Waals surface area contributed by atoms with Crippen LogP contribution in [-0.4, -0.2) is 30.1 Å². The van der Waals surface area contributed by atoms with Crippen LogP contribution in [0.1, 0.15) is 51.8 Å². The van der Waals surface area contributed by atoms with Crippen LogP contribution >= 0.6 is 0 Å². The summed E-state index contributed by atoms with van der Waals surface area (Å²) in [5.41, 5.74) is -0.149. The van der Waals surface area contributed by atoms with Crippen molar-refractivity contribution in [2.75, 3.05) is 13.2 Å². The zero-order chi connectivity index (χ0) is 17.5. The number of aryl methyl sites for hydroxylation is 1. The molecule has 0 radical (unpaired) electrons. The number of aromatic nitrogens is 1. The number of hydrogen-bond acceptors (Lipinski definition) is 5. The SMILES string of the molecule is CCOC(=O)C(CCC(C)C)(C(=O)OCC)c1ccc(C)cn1. The predicted molar refractivity (Wildman–Crippen MR) is 88.0 cm³/mol. The standard InChI is InChI=1S/C18H27NO4/c1-6-22-16(20)18(11-10-13(3)4,17(21)23-7-2)15-9-8-14(5)12-19-15/h8-9,12-13H,6-7,10-11H2,1-5H3. The second-order valence-electron chi connectivity index (χ2n) is 6.00. The zero-order valence-electron chi connectivity index (χ0n) is 14.7. The first kappa shape index (κ1) is 19.1. The van der Waals surface area contributed by atoms with Crippen LogP contribution in [-0.2, 0) is 24.5 Å². The van der Waals surface area contributed by atoms with Crippen LogP contribution in [0.25, 0.3) is 0 Å². The van der Waals surface area contributed by atoms with Gasteiger partial charge < -0.3 is 9.47 Å². The Hall–Kier alpha value is -1.91. The van der Waals surface area contributed by atoms with Crippen molar-refractivity contribution in [3.63, 3.8) is 0 Å². The highest BCUT2D eigenvalue weighted by atomic mass is 16.6. The zero-order valence-corrected chi connectivity index (χ0v) is 14.7. The minimum Gasteiger partial charge on any atom is -0.465 e. The van der Waals surface area contributed by atoms with Crippen LogP contribution in [0, 0.1) is 12.8 Å². The summed E-state index contributed by atoms with van der Waals surface area (Å²) in [4.78, 5) is 29.8. The number of rotatable bonds is 8. The molecule has 1 aromatic rings. The molecular weight excluding hydrogens is 294 g/mol. The molecule has 1 aromatic heterocycles. The number of carbonyl (C=O) groups is 2. The van der Waals surface area contributed by atoms with Crippen LogP contribution in [0.2, 0.25) is 0 Å². The maximum atomic E-state index is 12.7. The molecule has 23 heavy (non-hydrogen) atoms. The Morgan fingerprint density at radius 1 is 1.13 bits per heavy atom. The lowest BCUT2D eigenvalue weighted by Crippen LogP contribution is -2.47. The summed E-state index contributed by atoms with van der Waals surface area (Å²) in [6.45, 7) is 9.84. The molecule has 5 nitrogen and oxygen atoms in total. The lowest BCUT2D eigenvalue weighted by Gasteiger charge is -2.29. The highest BCUT2D eigenvalue weighted by Gasteiger charge is 2.51. The quantitative estimate of drug-likeness (QED) is 0.543. The summed E-state index contributed by atoms with van der Waals surface area (Å²) in [5.74, 6) is -0.838. The van der Waals surface area contributed by atoms with Gasteiger partial charge in [0.05, 0.1) is 18.9 Å². The monoisotopic (exact) mass is 321 g/mol. The fraction of sp³-hybridized carbons (Fsp3) is 0.611. The van der Waals surface area contributed by atoms with Gasteiger partial charge in [0.25, 0.3) is 0 Å². The minimum absolute atomic E-state index is 0.202. The van der Waals surface area contributed by atoms with E-state index in [1.165, 1.54) is 0 Å². The van der Waals surface area contributed by atoms with E-state index in [2.05, 4.69) is 4.98 Å². The van der Waals surface area contributed by atoms with Crippen LogP contribution < -0.4 is 0 Å². The van der Waals surface area contributed by atoms with Gasteiger partial charge in [0.2, 0.25) is 5.41 Å². The van der Waals surface area contributed by atoms with Crippen LogP contribution in [0.15, 0.2) is 18.3 Å². The maximum Gasteiger partial charge on any atom is 0.329 e. The molecular formula is C18H27NO4. The third-order valence-corrected chi connectivity index (χ3v) is 3.69. The molecule has 0 spiro atoms. The number of nitrogens with zero attached hydrogens (tertiary/aromatic N) is 1. The van der Waals surface area contributed by atoms with Gasteiger partial charge in [0.15, 0.2) is 0 Å². The molecule has 0 bridgehead atoms. The summed E-state index contributed by atoms with van der Waals surface area (Å²) in [6.07, 6.45) is 2.66. The molecule has 0 N–H and O–H groups in total. The first-order valence-electron chi connectivity index (χ1n) is 8.16. The molecule has 1 heterocycles. The molecule has 0 unspecified atom stereocenters. The molecule has 5 heteroatoms. The van der Waals surface area contributed by atoms with Gasteiger partial charge in [-0.2, -0.15) is 0 Å². The number of carbonyl (C=O) groups excluding carboxylic acids is 2. The molecule has 0 aliphatic rings. The van der Waals surface area contributed by atoms with Crippen molar-refractivity contribution in [3.8, 4) is 0 Å². The topological polar surface area (TPSA) is 65.5 Å². The van der Waals surface area contributed by atoms with E-state index in [4.69, 9.17) is 9.47 Å². The first-order chi connectivity index (χ1) is 10.9. The highest BCUT2D eigenvalue weighted by Crippen LogP contribution is 2.33. The fourth-order valence-electron chi connectivity index (χ4n) is 2.36. The van der Waals surface area contributed by atoms with E-state index < -0.39 is 17.4 Å². The molecule has 128 valence electrons. The molecule has 0 saturated heterocycles. The first-order valence-corrected chi connectivity index (χ1v) is 8.16. The Balaban J connectivity index is 3.39. The van der Waals surface area contributed by atoms with E-state index in [-0.39, 0.29) is 13.2 Å². The molecule has 0 fully saturated rings. The lowest BCUT2D eigenvalue weighted by atomic mass is 9.77. The summed E-state index contributed by atoms with van der Waals surface area (Å²) < 4.78 is 10.4. The summed E-state index contributed by atoms with van der Waals surface area (Å²) in [5, 5.41) is 0. The van der Waals surface area contributed by atoms with E-state index in [1.54, 1.807) is 26.1 Å². The summed E-state index contributed by atoms with van der Waals surface area (Å²) in [6, 6.07) is 3.55. The Morgan fingerprint density at radius 2 is 1.70 bits per heavy atom. The van der Waals surface area contributed by atoms with Crippen molar-refractivity contribution in [2.24, 2.45) is 5.92 Å². The Morgan fingerprint density at radius 3 is 2.09 bits per heavy atom.